The van der Waals surface area contributed by atoms with Crippen molar-refractivity contribution in [1.29, 1.82) is 0 Å². The first-order chi connectivity index (χ1) is 4.31. The van der Waals surface area contributed by atoms with Crippen molar-refractivity contribution in [3.05, 3.63) is 0 Å². The van der Waals surface area contributed by atoms with Crippen molar-refractivity contribution in [1.82, 2.24) is 10.3 Å². The second-order valence-corrected chi connectivity index (χ2v) is 3.18. The third kappa shape index (κ3) is 0.764. The van der Waals surface area contributed by atoms with Crippen LogP contribution < -0.4 is 11.2 Å². The quantitative estimate of drug-likeness (QED) is 0.423. The zero-order valence-corrected chi connectivity index (χ0v) is 5.56. The summed E-state index contributed by atoms with van der Waals surface area (Å²) in [4.78, 5) is 0. The van der Waals surface area contributed by atoms with E-state index in [2.05, 4.69) is 5.32 Å². The van der Waals surface area contributed by atoms with E-state index in [1.54, 1.807) is 0 Å². The Morgan fingerprint density at radius 3 is 2.44 bits per heavy atom. The summed E-state index contributed by atoms with van der Waals surface area (Å²) in [5, 5.41) is 5.34. The number of nitrogens with two attached hydrogens (primary N) is 1. The highest BCUT2D eigenvalue weighted by Gasteiger charge is 2.41. The fourth-order valence-corrected chi connectivity index (χ4v) is 1.73. The molecule has 0 aromatic heterocycles. The first kappa shape index (κ1) is 5.65. The maximum Gasteiger partial charge on any atom is 0.0347 e. The third-order valence-electron chi connectivity index (χ3n) is 2.49. The van der Waals surface area contributed by atoms with Crippen LogP contribution >= 0.6 is 0 Å². The van der Waals surface area contributed by atoms with E-state index in [0.717, 1.165) is 13.1 Å². The zero-order chi connectivity index (χ0) is 6.32. The Labute approximate surface area is 55.2 Å². The maximum absolute atomic E-state index is 5.61. The summed E-state index contributed by atoms with van der Waals surface area (Å²) in [6.07, 6.45) is 2.56. The van der Waals surface area contributed by atoms with Gasteiger partial charge >= 0.3 is 0 Å². The highest BCUT2D eigenvalue weighted by Crippen LogP contribution is 2.27. The van der Waals surface area contributed by atoms with Crippen molar-refractivity contribution in [3.8, 4) is 0 Å². The van der Waals surface area contributed by atoms with Crippen molar-refractivity contribution >= 4 is 0 Å². The molecule has 1 atom stereocenters. The van der Waals surface area contributed by atoms with Gasteiger partial charge in [0.15, 0.2) is 0 Å². The summed E-state index contributed by atoms with van der Waals surface area (Å²) in [6.45, 7) is 3.30. The molecular weight excluding hydrogens is 114 g/mol. The summed E-state index contributed by atoms with van der Waals surface area (Å²) in [5.41, 5.74) is 0.439. The van der Waals surface area contributed by atoms with Crippen LogP contribution in [0, 0.1) is 0 Å². The van der Waals surface area contributed by atoms with Crippen LogP contribution in [0.1, 0.15) is 12.8 Å². The van der Waals surface area contributed by atoms with Crippen molar-refractivity contribution in [2.75, 3.05) is 19.6 Å². The summed E-state index contributed by atoms with van der Waals surface area (Å²) >= 11 is 0. The predicted octanol–water partition coefficient (Wildman–Crippen LogP) is -0.702. The van der Waals surface area contributed by atoms with Gasteiger partial charge in [-0.15, -0.1) is 0 Å². The van der Waals surface area contributed by atoms with Gasteiger partial charge in [0, 0.05) is 18.6 Å². The van der Waals surface area contributed by atoms with E-state index >= 15 is 0 Å². The number of nitrogens with one attached hydrogen (secondary N) is 1. The molecule has 1 unspecified atom stereocenters. The molecule has 3 nitrogen and oxygen atoms in total. The lowest BCUT2D eigenvalue weighted by Crippen LogP contribution is -2.58. The van der Waals surface area contributed by atoms with Crippen LogP contribution in [0.15, 0.2) is 0 Å². The molecule has 0 radical (unpaired) electrons. The average Bonchev–Trinajstić information content (AvgIpc) is 2.09. The molecule has 2 fully saturated rings. The van der Waals surface area contributed by atoms with Gasteiger partial charge in [-0.25, -0.2) is 5.01 Å². The number of nitrogens with zero attached hydrogens (tertiary/aromatic N) is 1. The molecule has 0 bridgehead atoms. The lowest BCUT2D eigenvalue weighted by Gasteiger charge is -2.39. The lowest BCUT2D eigenvalue weighted by atomic mass is 9.87. The Kier molecular flexibility index (Phi) is 1.06. The van der Waals surface area contributed by atoms with Gasteiger partial charge < -0.3 is 5.32 Å². The summed E-state index contributed by atoms with van der Waals surface area (Å²) < 4.78 is 0. The average molecular weight is 127 g/mol. The molecule has 0 aromatic rings. The molecular formula is C6H13N3. The van der Waals surface area contributed by atoms with Crippen LogP contribution in [0.5, 0.6) is 0 Å². The summed E-state index contributed by atoms with van der Waals surface area (Å²) in [7, 11) is 0. The molecule has 52 valence electrons. The fraction of sp³-hybridized carbons (Fsp3) is 1.00. The van der Waals surface area contributed by atoms with Gasteiger partial charge in [-0.2, -0.15) is 0 Å². The van der Waals surface area contributed by atoms with E-state index in [9.17, 15) is 0 Å². The van der Waals surface area contributed by atoms with Crippen molar-refractivity contribution in [2.45, 2.75) is 18.4 Å². The maximum atomic E-state index is 5.61. The Morgan fingerprint density at radius 1 is 1.44 bits per heavy atom. The van der Waals surface area contributed by atoms with Crippen LogP contribution in [0.2, 0.25) is 0 Å². The topological polar surface area (TPSA) is 41.3 Å². The van der Waals surface area contributed by atoms with E-state index in [1.807, 2.05) is 5.01 Å². The van der Waals surface area contributed by atoms with E-state index < -0.39 is 0 Å². The van der Waals surface area contributed by atoms with E-state index in [-0.39, 0.29) is 0 Å². The molecule has 1 spiro atoms. The molecule has 0 amide bonds. The number of hydrogen-bond acceptors (Lipinski definition) is 3. The van der Waals surface area contributed by atoms with Crippen molar-refractivity contribution in [3.63, 3.8) is 0 Å². The van der Waals surface area contributed by atoms with E-state index in [1.165, 1.54) is 19.4 Å². The second kappa shape index (κ2) is 1.68. The number of hydrogen-bond donors (Lipinski definition) is 2. The Balaban J connectivity index is 1.99. The van der Waals surface area contributed by atoms with Crippen LogP contribution in [-0.4, -0.2) is 30.2 Å². The SMILES string of the molecule is NN1CCC2(CCN2)C1. The molecule has 0 saturated carbocycles. The zero-order valence-electron chi connectivity index (χ0n) is 5.56. The molecule has 2 heterocycles. The highest BCUT2D eigenvalue weighted by molar-refractivity contribution is 5.02. The molecule has 0 aromatic carbocycles. The van der Waals surface area contributed by atoms with Crippen molar-refractivity contribution < 1.29 is 0 Å². The van der Waals surface area contributed by atoms with Crippen LogP contribution in [0.25, 0.3) is 0 Å². The van der Waals surface area contributed by atoms with Gasteiger partial charge in [0.1, 0.15) is 0 Å². The van der Waals surface area contributed by atoms with Gasteiger partial charge in [0.2, 0.25) is 0 Å². The minimum absolute atomic E-state index is 0.439. The fourth-order valence-electron chi connectivity index (χ4n) is 1.73. The summed E-state index contributed by atoms with van der Waals surface area (Å²) in [6, 6.07) is 0. The number of hydrazine groups is 1. The van der Waals surface area contributed by atoms with Gasteiger partial charge in [0.25, 0.3) is 0 Å². The van der Waals surface area contributed by atoms with E-state index in [4.69, 9.17) is 5.84 Å². The molecule has 3 heteroatoms. The van der Waals surface area contributed by atoms with E-state index in [0.29, 0.717) is 5.54 Å². The first-order valence-corrected chi connectivity index (χ1v) is 3.55. The van der Waals surface area contributed by atoms with Crippen LogP contribution in [0.3, 0.4) is 0 Å². The monoisotopic (exact) mass is 127 g/mol. The molecule has 2 aliphatic rings. The smallest absolute Gasteiger partial charge is 0.0347 e. The molecule has 2 aliphatic heterocycles. The molecule has 2 saturated heterocycles. The largest absolute Gasteiger partial charge is 0.310 e. The van der Waals surface area contributed by atoms with Gasteiger partial charge in [-0.3, -0.25) is 5.84 Å². The van der Waals surface area contributed by atoms with Gasteiger partial charge in [0.05, 0.1) is 0 Å². The summed E-state index contributed by atoms with van der Waals surface area (Å²) in [5.74, 6) is 5.61. The van der Waals surface area contributed by atoms with Crippen molar-refractivity contribution in [2.24, 2.45) is 5.84 Å². The number of rotatable bonds is 0. The molecule has 9 heavy (non-hydrogen) atoms. The molecule has 2 rings (SSSR count). The minimum atomic E-state index is 0.439. The first-order valence-electron chi connectivity index (χ1n) is 3.55. The second-order valence-electron chi connectivity index (χ2n) is 3.18. The van der Waals surface area contributed by atoms with Crippen LogP contribution in [-0.2, 0) is 0 Å². The Morgan fingerprint density at radius 2 is 2.22 bits per heavy atom. The lowest BCUT2D eigenvalue weighted by molar-refractivity contribution is 0.203. The van der Waals surface area contributed by atoms with Crippen LogP contribution in [0.4, 0.5) is 0 Å². The Hall–Kier alpha value is -0.120. The molecule has 0 aliphatic carbocycles. The Bertz CT molecular complexity index is 119. The normalized spacial score (nSPS) is 43.7. The standard InChI is InChI=1S/C6H13N3/c7-9-4-2-6(5-9)1-3-8-6/h8H,1-5,7H2. The third-order valence-corrected chi connectivity index (χ3v) is 2.49. The minimum Gasteiger partial charge on any atom is -0.310 e. The highest BCUT2D eigenvalue weighted by atomic mass is 15.4. The predicted molar refractivity (Wildman–Crippen MR) is 35.7 cm³/mol. The van der Waals surface area contributed by atoms with Gasteiger partial charge in [-0.1, -0.05) is 0 Å². The van der Waals surface area contributed by atoms with Gasteiger partial charge in [-0.05, 0) is 19.4 Å². The molecule has 3 N–H and O–H groups in total.